The minimum absolute atomic E-state index is 0.163. The molecule has 0 aliphatic heterocycles. The summed E-state index contributed by atoms with van der Waals surface area (Å²) in [5, 5.41) is 12.3. The van der Waals surface area contributed by atoms with Gasteiger partial charge < -0.3 is 14.6 Å². The number of ether oxygens (including phenoxy) is 2. The average molecular weight is 403 g/mol. The maximum Gasteiger partial charge on any atom is 0.482 e. The molecular formula is C22H20F3NO3. The van der Waals surface area contributed by atoms with Crippen molar-refractivity contribution >= 4 is 5.69 Å². The molecule has 1 atom stereocenters. The molecule has 2 N–H and O–H groups in total. The van der Waals surface area contributed by atoms with E-state index < -0.39 is 12.4 Å². The Balaban J connectivity index is 1.90. The summed E-state index contributed by atoms with van der Waals surface area (Å²) in [5.74, 6) is 0.752. The summed E-state index contributed by atoms with van der Waals surface area (Å²) in [5.41, 5.74) is 1.44. The van der Waals surface area contributed by atoms with Crippen molar-refractivity contribution in [1.29, 1.82) is 0 Å². The summed E-state index contributed by atoms with van der Waals surface area (Å²) in [6.07, 6.45) is -5.77. The van der Waals surface area contributed by atoms with Gasteiger partial charge in [-0.25, -0.2) is 0 Å². The van der Waals surface area contributed by atoms with Crippen LogP contribution >= 0.6 is 0 Å². The zero-order valence-corrected chi connectivity index (χ0v) is 15.6. The van der Waals surface area contributed by atoms with E-state index in [0.29, 0.717) is 17.1 Å². The first-order chi connectivity index (χ1) is 13.9. The van der Waals surface area contributed by atoms with Crippen LogP contribution in [0.1, 0.15) is 22.8 Å². The van der Waals surface area contributed by atoms with Crippen molar-refractivity contribution in [3.05, 3.63) is 89.5 Å². The average Bonchev–Trinajstić information content (AvgIpc) is 2.71. The van der Waals surface area contributed by atoms with Gasteiger partial charge in [0.15, 0.2) is 11.5 Å². The molecule has 152 valence electrons. The molecule has 0 saturated carbocycles. The maximum absolute atomic E-state index is 12.6. The molecule has 3 rings (SSSR count). The third-order valence-corrected chi connectivity index (χ3v) is 4.24. The van der Waals surface area contributed by atoms with E-state index in [1.165, 1.54) is 30.6 Å². The van der Waals surface area contributed by atoms with E-state index in [4.69, 9.17) is 9.47 Å². The zero-order valence-electron chi connectivity index (χ0n) is 15.6. The summed E-state index contributed by atoms with van der Waals surface area (Å²) < 4.78 is 49.1. The van der Waals surface area contributed by atoms with Crippen LogP contribution in [0.15, 0.2) is 72.8 Å². The highest BCUT2D eigenvalue weighted by Gasteiger charge is 2.27. The highest BCUT2D eigenvalue weighted by Crippen LogP contribution is 2.38. The largest absolute Gasteiger partial charge is 0.493 e. The van der Waals surface area contributed by atoms with E-state index in [1.807, 2.05) is 30.3 Å². The van der Waals surface area contributed by atoms with Crippen LogP contribution < -0.4 is 14.8 Å². The molecule has 0 fully saturated rings. The van der Waals surface area contributed by atoms with Gasteiger partial charge in [0.1, 0.15) is 12.7 Å². The molecule has 1 unspecified atom stereocenters. The summed E-state index contributed by atoms with van der Waals surface area (Å²) >= 11 is 0. The van der Waals surface area contributed by atoms with Crippen LogP contribution in [0.5, 0.6) is 11.5 Å². The number of anilines is 1. The second-order valence-corrected chi connectivity index (χ2v) is 6.30. The van der Waals surface area contributed by atoms with Gasteiger partial charge in [-0.1, -0.05) is 54.6 Å². The van der Waals surface area contributed by atoms with Gasteiger partial charge >= 0.3 is 6.30 Å². The Kier molecular flexibility index (Phi) is 6.29. The van der Waals surface area contributed by atoms with Crippen LogP contribution in [0.4, 0.5) is 18.9 Å². The van der Waals surface area contributed by atoms with Crippen molar-refractivity contribution < 1.29 is 27.8 Å². The van der Waals surface area contributed by atoms with Crippen LogP contribution in [0.3, 0.4) is 0 Å². The molecule has 0 bridgehead atoms. The van der Waals surface area contributed by atoms with Gasteiger partial charge in [-0.05, 0) is 29.3 Å². The molecule has 7 heteroatoms. The van der Waals surface area contributed by atoms with Gasteiger partial charge in [0, 0.05) is 11.3 Å². The van der Waals surface area contributed by atoms with E-state index in [2.05, 4.69) is 0 Å². The third kappa shape index (κ3) is 5.42. The van der Waals surface area contributed by atoms with Crippen molar-refractivity contribution in [3.63, 3.8) is 0 Å². The van der Waals surface area contributed by atoms with Gasteiger partial charge in [-0.3, -0.25) is 5.32 Å². The van der Waals surface area contributed by atoms with Crippen molar-refractivity contribution in [3.8, 4) is 11.5 Å². The highest BCUT2D eigenvalue weighted by atomic mass is 19.4. The van der Waals surface area contributed by atoms with E-state index in [0.717, 1.165) is 5.56 Å². The lowest BCUT2D eigenvalue weighted by atomic mass is 9.99. The Morgan fingerprint density at radius 3 is 2.38 bits per heavy atom. The Bertz CT molecular complexity index is 946. The van der Waals surface area contributed by atoms with Crippen molar-refractivity contribution in [2.45, 2.75) is 19.0 Å². The Morgan fingerprint density at radius 1 is 0.966 bits per heavy atom. The number of halogens is 3. The monoisotopic (exact) mass is 403 g/mol. The predicted octanol–water partition coefficient (Wildman–Crippen LogP) is 5.29. The fourth-order valence-electron chi connectivity index (χ4n) is 2.92. The molecule has 0 heterocycles. The number of nitrogens with one attached hydrogen (secondary N) is 1. The Hall–Kier alpha value is -3.19. The van der Waals surface area contributed by atoms with Gasteiger partial charge in [0.2, 0.25) is 0 Å². The first kappa shape index (κ1) is 20.5. The molecule has 0 aliphatic rings. The van der Waals surface area contributed by atoms with E-state index in [-0.39, 0.29) is 17.9 Å². The normalized spacial score (nSPS) is 12.3. The molecule has 0 radical (unpaired) electrons. The fourth-order valence-corrected chi connectivity index (χ4v) is 2.92. The van der Waals surface area contributed by atoms with Gasteiger partial charge in [0.05, 0.1) is 7.11 Å². The Morgan fingerprint density at radius 2 is 1.69 bits per heavy atom. The van der Waals surface area contributed by atoms with Crippen molar-refractivity contribution in [2.75, 3.05) is 12.4 Å². The second kappa shape index (κ2) is 8.87. The lowest BCUT2D eigenvalue weighted by molar-refractivity contribution is -0.0999. The predicted molar refractivity (Wildman–Crippen MR) is 104 cm³/mol. The quantitative estimate of drug-likeness (QED) is 0.527. The highest BCUT2D eigenvalue weighted by molar-refractivity contribution is 5.53. The van der Waals surface area contributed by atoms with Crippen LogP contribution in [0, 0.1) is 0 Å². The standard InChI is InChI=1S/C22H20F3NO3/c1-28-19-12-6-11-18(21(19)29-14-15-7-3-2-4-8-15)20(27)16-9-5-10-17(13-16)26-22(23,24)25/h2-13,20,26-27H,14H2,1H3. The lowest BCUT2D eigenvalue weighted by Crippen LogP contribution is -2.20. The number of methoxy groups -OCH3 is 1. The molecule has 3 aromatic carbocycles. The van der Waals surface area contributed by atoms with Crippen LogP contribution in [0.25, 0.3) is 0 Å². The zero-order chi connectivity index (χ0) is 20.9. The summed E-state index contributed by atoms with van der Waals surface area (Å²) in [6, 6.07) is 20.0. The number of para-hydroxylation sites is 1. The van der Waals surface area contributed by atoms with Crippen molar-refractivity contribution in [2.24, 2.45) is 0 Å². The number of aliphatic hydroxyl groups is 1. The van der Waals surface area contributed by atoms with Crippen LogP contribution in [0.2, 0.25) is 0 Å². The number of hydrogen-bond acceptors (Lipinski definition) is 4. The lowest BCUT2D eigenvalue weighted by Gasteiger charge is -2.20. The number of benzene rings is 3. The van der Waals surface area contributed by atoms with Gasteiger partial charge in [-0.2, -0.15) is 13.2 Å². The SMILES string of the molecule is COc1cccc(C(O)c2cccc(NC(F)(F)F)c2)c1OCc1ccccc1. The first-order valence-corrected chi connectivity index (χ1v) is 8.84. The van der Waals surface area contributed by atoms with Gasteiger partial charge in [-0.15, -0.1) is 0 Å². The third-order valence-electron chi connectivity index (χ3n) is 4.24. The molecular weight excluding hydrogens is 383 g/mol. The molecule has 0 spiro atoms. The van der Waals surface area contributed by atoms with E-state index in [9.17, 15) is 18.3 Å². The molecule has 0 saturated heterocycles. The first-order valence-electron chi connectivity index (χ1n) is 8.84. The minimum Gasteiger partial charge on any atom is -0.493 e. The maximum atomic E-state index is 12.6. The smallest absolute Gasteiger partial charge is 0.482 e. The summed E-state index contributed by atoms with van der Waals surface area (Å²) in [7, 11) is 1.48. The minimum atomic E-state index is -4.57. The number of aliphatic hydroxyl groups excluding tert-OH is 1. The molecule has 0 aliphatic carbocycles. The summed E-state index contributed by atoms with van der Waals surface area (Å²) in [6.45, 7) is 0.247. The number of rotatable bonds is 7. The van der Waals surface area contributed by atoms with E-state index >= 15 is 0 Å². The summed E-state index contributed by atoms with van der Waals surface area (Å²) in [4.78, 5) is 0. The van der Waals surface area contributed by atoms with Crippen LogP contribution in [-0.2, 0) is 6.61 Å². The topological polar surface area (TPSA) is 50.7 Å². The molecule has 0 amide bonds. The van der Waals surface area contributed by atoms with Crippen molar-refractivity contribution in [1.82, 2.24) is 0 Å². The second-order valence-electron chi connectivity index (χ2n) is 6.30. The molecule has 0 aromatic heterocycles. The number of hydrogen-bond donors (Lipinski definition) is 2. The molecule has 4 nitrogen and oxygen atoms in total. The molecule has 3 aromatic rings. The molecule has 29 heavy (non-hydrogen) atoms. The fraction of sp³-hybridized carbons (Fsp3) is 0.182. The number of alkyl halides is 3. The van der Waals surface area contributed by atoms with E-state index in [1.54, 1.807) is 24.3 Å². The van der Waals surface area contributed by atoms with Crippen LogP contribution in [-0.4, -0.2) is 18.5 Å². The van der Waals surface area contributed by atoms with Gasteiger partial charge in [0.25, 0.3) is 0 Å². The Labute approximate surface area is 166 Å².